The van der Waals surface area contributed by atoms with Gasteiger partial charge < -0.3 is 9.80 Å². The monoisotopic (exact) mass is 513 g/mol. The Morgan fingerprint density at radius 3 is 2.46 bits per heavy atom. The number of likely N-dealkylation sites (tertiary alicyclic amines) is 1. The predicted octanol–water partition coefficient (Wildman–Crippen LogP) is 3.93. The first kappa shape index (κ1) is 25.4. The summed E-state index contributed by atoms with van der Waals surface area (Å²) in [5, 5.41) is -0.742. The topological polar surface area (TPSA) is 69.7 Å². The molecule has 1 N–H and O–H groups in total. The molecule has 6 nitrogen and oxygen atoms in total. The van der Waals surface area contributed by atoms with Gasteiger partial charge in [-0.1, -0.05) is 24.3 Å². The Labute approximate surface area is 202 Å². The number of hydrogen-bond donors (Lipinski definition) is 1. The van der Waals surface area contributed by atoms with Gasteiger partial charge in [0.25, 0.3) is 5.92 Å². The smallest absolute Gasteiger partial charge is 0.320 e. The normalized spacial score (nSPS) is 21.9. The van der Waals surface area contributed by atoms with Crippen LogP contribution in [-0.2, 0) is 16.4 Å². The molecule has 11 heteroatoms. The summed E-state index contributed by atoms with van der Waals surface area (Å²) in [7, 11) is -1.23. The van der Waals surface area contributed by atoms with E-state index in [2.05, 4.69) is 4.72 Å². The zero-order valence-corrected chi connectivity index (χ0v) is 20.4. The molecule has 0 unspecified atom stereocenters. The molecule has 0 bridgehead atoms. The molecular weight excluding hydrogens is 486 g/mol. The van der Waals surface area contributed by atoms with Crippen molar-refractivity contribution < 1.29 is 30.8 Å². The molecule has 2 aromatic carbocycles. The zero-order chi connectivity index (χ0) is 25.7. The molecule has 0 spiro atoms. The third kappa shape index (κ3) is 5.16. The third-order valence-electron chi connectivity index (χ3n) is 6.36. The van der Waals surface area contributed by atoms with Crippen LogP contribution in [0.4, 0.5) is 22.4 Å². The van der Waals surface area contributed by atoms with Gasteiger partial charge in [0.2, 0.25) is 10.0 Å². The Balaban J connectivity index is 1.73. The molecule has 2 atom stereocenters. The predicted molar refractivity (Wildman–Crippen MR) is 124 cm³/mol. The molecule has 2 amide bonds. The van der Waals surface area contributed by atoms with Gasteiger partial charge in [0.05, 0.1) is 17.8 Å². The first-order valence-electron chi connectivity index (χ1n) is 11.2. The number of aryl methyl sites for hydroxylation is 1. The van der Waals surface area contributed by atoms with Crippen LogP contribution in [0.5, 0.6) is 0 Å². The molecule has 1 saturated heterocycles. The van der Waals surface area contributed by atoms with Crippen LogP contribution in [-0.4, -0.2) is 68.1 Å². The first-order valence-corrected chi connectivity index (χ1v) is 12.8. The third-order valence-corrected chi connectivity index (χ3v) is 8.30. The Morgan fingerprint density at radius 1 is 1.17 bits per heavy atom. The van der Waals surface area contributed by atoms with E-state index in [9.17, 15) is 17.6 Å². The van der Waals surface area contributed by atoms with Crippen molar-refractivity contribution in [1.82, 2.24) is 14.5 Å². The summed E-state index contributed by atoms with van der Waals surface area (Å²) in [6, 6.07) is 4.44. The van der Waals surface area contributed by atoms with Crippen LogP contribution in [0.3, 0.4) is 0 Å². The van der Waals surface area contributed by atoms with Crippen molar-refractivity contribution >= 4 is 16.1 Å². The van der Waals surface area contributed by atoms with E-state index in [-0.39, 0.29) is 23.1 Å². The van der Waals surface area contributed by atoms with Crippen molar-refractivity contribution in [3.05, 3.63) is 59.2 Å². The number of carbonyl (C=O) groups is 1. The van der Waals surface area contributed by atoms with E-state index in [1.807, 2.05) is 0 Å². The van der Waals surface area contributed by atoms with Gasteiger partial charge in [-0.3, -0.25) is 0 Å². The minimum atomic E-state index is -4.02. The second kappa shape index (κ2) is 9.09. The molecule has 2 fully saturated rings. The molecule has 190 valence electrons. The van der Waals surface area contributed by atoms with Gasteiger partial charge in [0.1, 0.15) is 17.7 Å². The minimum absolute atomic E-state index is 0.0132. The van der Waals surface area contributed by atoms with Crippen molar-refractivity contribution in [2.75, 3.05) is 20.6 Å². The van der Waals surface area contributed by atoms with Gasteiger partial charge in [-0.2, -0.15) is 0 Å². The van der Waals surface area contributed by atoms with Crippen molar-refractivity contribution in [2.45, 2.75) is 49.4 Å². The lowest BCUT2D eigenvalue weighted by molar-refractivity contribution is -0.00500. The van der Waals surface area contributed by atoms with Gasteiger partial charge >= 0.3 is 6.03 Å². The molecule has 2 aliphatic rings. The van der Waals surface area contributed by atoms with Crippen LogP contribution in [0.25, 0.3) is 11.1 Å². The van der Waals surface area contributed by atoms with Crippen LogP contribution in [0, 0.1) is 18.6 Å². The summed E-state index contributed by atoms with van der Waals surface area (Å²) in [6.07, 6.45) is 0.395. The van der Waals surface area contributed by atoms with E-state index in [1.54, 1.807) is 13.0 Å². The summed E-state index contributed by atoms with van der Waals surface area (Å²) >= 11 is 0. The zero-order valence-electron chi connectivity index (χ0n) is 19.6. The Kier molecular flexibility index (Phi) is 6.60. The minimum Gasteiger partial charge on any atom is -0.331 e. The lowest BCUT2D eigenvalue weighted by Gasteiger charge is -2.30. The summed E-state index contributed by atoms with van der Waals surface area (Å²) < 4.78 is 87.0. The Hall–Kier alpha value is -2.66. The maximum atomic E-state index is 15.6. The Morgan fingerprint density at radius 2 is 1.86 bits per heavy atom. The number of halogens is 4. The summed E-state index contributed by atoms with van der Waals surface area (Å²) in [5.41, 5.74) is 0.957. The van der Waals surface area contributed by atoms with Gasteiger partial charge in [0, 0.05) is 19.7 Å². The molecule has 0 radical (unpaired) electrons. The number of benzene rings is 2. The number of nitrogens with zero attached hydrogens (tertiary/aromatic N) is 2. The number of sulfonamides is 1. The molecule has 2 aromatic rings. The molecule has 1 saturated carbocycles. The highest BCUT2D eigenvalue weighted by atomic mass is 32.2. The van der Waals surface area contributed by atoms with Gasteiger partial charge in [-0.15, -0.1) is 0 Å². The highest BCUT2D eigenvalue weighted by molar-refractivity contribution is 7.90. The quantitative estimate of drug-likeness (QED) is 0.595. The molecule has 4 rings (SSSR count). The van der Waals surface area contributed by atoms with Crippen LogP contribution < -0.4 is 4.72 Å². The average molecular weight is 514 g/mol. The second-order valence-corrected chi connectivity index (χ2v) is 11.5. The summed E-state index contributed by atoms with van der Waals surface area (Å²) in [4.78, 5) is 14.7. The van der Waals surface area contributed by atoms with Crippen LogP contribution in [0.2, 0.25) is 0 Å². The fraction of sp³-hybridized carbons (Fsp3) is 0.458. The lowest BCUT2D eigenvalue weighted by Crippen LogP contribution is -2.53. The van der Waals surface area contributed by atoms with Crippen molar-refractivity contribution in [1.29, 1.82) is 0 Å². The largest absolute Gasteiger partial charge is 0.331 e. The lowest BCUT2D eigenvalue weighted by atomic mass is 9.95. The number of urea groups is 1. The van der Waals surface area contributed by atoms with E-state index >= 15 is 13.2 Å². The molecule has 35 heavy (non-hydrogen) atoms. The molecule has 1 aliphatic heterocycles. The van der Waals surface area contributed by atoms with Crippen molar-refractivity contribution in [3.8, 4) is 11.1 Å². The highest BCUT2D eigenvalue weighted by Crippen LogP contribution is 2.38. The van der Waals surface area contributed by atoms with E-state index in [0.717, 1.165) is 9.80 Å². The number of nitrogens with one attached hydrogen (secondary N) is 1. The standard InChI is InChI=1S/C24H27F4N3O3S/c1-14-9-16(11-17(25)10-14)19-6-4-5-15(21(19)26)12-20-22(29-35(33,34)18-7-8-18)24(27,28)13-31(20)23(32)30(2)3/h4-6,9-11,18,20,22,29H,7-8,12-13H2,1-3H3/t20-,22+/m0/s1. The van der Waals surface area contributed by atoms with E-state index in [4.69, 9.17) is 0 Å². The number of amides is 2. The van der Waals surface area contributed by atoms with Crippen LogP contribution in [0.15, 0.2) is 36.4 Å². The van der Waals surface area contributed by atoms with E-state index in [0.29, 0.717) is 18.4 Å². The molecule has 1 aliphatic carbocycles. The van der Waals surface area contributed by atoms with Gasteiger partial charge in [-0.25, -0.2) is 35.5 Å². The van der Waals surface area contributed by atoms with E-state index < -0.39 is 57.5 Å². The number of hydrogen-bond acceptors (Lipinski definition) is 3. The molecular formula is C24H27F4N3O3S. The highest BCUT2D eigenvalue weighted by Gasteiger charge is 2.58. The Bertz CT molecular complexity index is 1230. The fourth-order valence-electron chi connectivity index (χ4n) is 4.49. The van der Waals surface area contributed by atoms with Crippen LogP contribution in [0.1, 0.15) is 24.0 Å². The number of rotatable bonds is 6. The van der Waals surface area contributed by atoms with E-state index in [1.165, 1.54) is 44.4 Å². The second-order valence-electron chi connectivity index (χ2n) is 9.47. The fourth-order valence-corrected chi connectivity index (χ4v) is 6.12. The first-order chi connectivity index (χ1) is 16.3. The van der Waals surface area contributed by atoms with Crippen molar-refractivity contribution in [2.24, 2.45) is 0 Å². The average Bonchev–Trinajstić information content (AvgIpc) is 3.57. The SMILES string of the molecule is Cc1cc(F)cc(-c2cccc(C[C@H]3[C@@H](NS(=O)(=O)C4CC4)C(F)(F)CN3C(=O)N(C)C)c2F)c1. The molecule has 0 aromatic heterocycles. The van der Waals surface area contributed by atoms with Gasteiger partial charge in [-0.05, 0) is 55.0 Å². The van der Waals surface area contributed by atoms with Crippen molar-refractivity contribution in [3.63, 3.8) is 0 Å². The maximum absolute atomic E-state index is 15.6. The van der Waals surface area contributed by atoms with Gasteiger partial charge in [0.15, 0.2) is 0 Å². The molecule has 1 heterocycles. The maximum Gasteiger partial charge on any atom is 0.320 e. The summed E-state index contributed by atoms with van der Waals surface area (Å²) in [5.74, 6) is -4.85. The number of alkyl halides is 2. The van der Waals surface area contributed by atoms with Crippen LogP contribution >= 0.6 is 0 Å². The summed E-state index contributed by atoms with van der Waals surface area (Å²) in [6.45, 7) is 0.660. The number of carbonyl (C=O) groups excluding carboxylic acids is 1.